The Kier molecular flexibility index (Phi) is 5.96. The maximum atomic E-state index is 12.1. The lowest BCUT2D eigenvalue weighted by Crippen LogP contribution is -2.14. The highest BCUT2D eigenvalue weighted by atomic mass is 35.5. The number of hydrogen-bond acceptors (Lipinski definition) is 7. The van der Waals surface area contributed by atoms with Crippen molar-refractivity contribution >= 4 is 35.0 Å². The first-order valence-corrected chi connectivity index (χ1v) is 9.06. The van der Waals surface area contributed by atoms with Crippen molar-refractivity contribution in [2.75, 3.05) is 18.2 Å². The summed E-state index contributed by atoms with van der Waals surface area (Å²) in [7, 11) is 1.56. The topological polar surface area (TPSA) is 101 Å². The van der Waals surface area contributed by atoms with Crippen LogP contribution in [0.25, 0.3) is 11.5 Å². The van der Waals surface area contributed by atoms with E-state index in [1.165, 1.54) is 6.07 Å². The minimum Gasteiger partial charge on any atom is -0.496 e. The van der Waals surface area contributed by atoms with E-state index in [4.69, 9.17) is 26.0 Å². The van der Waals surface area contributed by atoms with Crippen LogP contribution in [0.5, 0.6) is 5.75 Å². The molecule has 0 saturated carbocycles. The van der Waals surface area contributed by atoms with Crippen molar-refractivity contribution in [3.05, 3.63) is 53.1 Å². The molecule has 7 nitrogen and oxygen atoms in total. The lowest BCUT2D eigenvalue weighted by atomic mass is 10.2. The van der Waals surface area contributed by atoms with Crippen LogP contribution in [0.2, 0.25) is 5.02 Å². The molecular formula is C18H13ClN4O3S. The number of hydrogen-bond donors (Lipinski definition) is 1. The number of para-hydroxylation sites is 1. The predicted molar refractivity (Wildman–Crippen MR) is 102 cm³/mol. The zero-order valence-electron chi connectivity index (χ0n) is 14.1. The molecule has 0 saturated heterocycles. The number of ether oxygens (including phenoxy) is 1. The number of nitrogens with one attached hydrogen (secondary N) is 1. The second-order valence-electron chi connectivity index (χ2n) is 5.22. The Bertz CT molecular complexity index is 1020. The van der Waals surface area contributed by atoms with Crippen LogP contribution < -0.4 is 10.1 Å². The van der Waals surface area contributed by atoms with Crippen molar-refractivity contribution in [1.29, 1.82) is 5.26 Å². The summed E-state index contributed by atoms with van der Waals surface area (Å²) in [5, 5.41) is 20.0. The van der Waals surface area contributed by atoms with E-state index >= 15 is 0 Å². The SMILES string of the molecule is COc1ccccc1-c1nnc(SCC(=O)Nc2ccc(C#N)c(Cl)c2)o1. The molecule has 1 amide bonds. The van der Waals surface area contributed by atoms with E-state index in [1.807, 2.05) is 24.3 Å². The van der Waals surface area contributed by atoms with E-state index in [-0.39, 0.29) is 21.9 Å². The van der Waals surface area contributed by atoms with Gasteiger partial charge in [-0.25, -0.2) is 0 Å². The van der Waals surface area contributed by atoms with Gasteiger partial charge in [-0.3, -0.25) is 4.79 Å². The third kappa shape index (κ3) is 4.58. The van der Waals surface area contributed by atoms with Gasteiger partial charge < -0.3 is 14.5 Å². The van der Waals surface area contributed by atoms with Crippen molar-refractivity contribution in [3.8, 4) is 23.3 Å². The van der Waals surface area contributed by atoms with Crippen LogP contribution in [0.4, 0.5) is 5.69 Å². The predicted octanol–water partition coefficient (Wildman–Crippen LogP) is 4.00. The third-order valence-electron chi connectivity index (χ3n) is 3.44. The fourth-order valence-electron chi connectivity index (χ4n) is 2.21. The number of methoxy groups -OCH3 is 1. The van der Waals surface area contributed by atoms with Crippen LogP contribution in [0.15, 0.2) is 52.1 Å². The van der Waals surface area contributed by atoms with Gasteiger partial charge in [-0.1, -0.05) is 35.5 Å². The average Bonchev–Trinajstić information content (AvgIpc) is 3.15. The van der Waals surface area contributed by atoms with Crippen LogP contribution in [0.1, 0.15) is 5.56 Å². The number of benzene rings is 2. The highest BCUT2D eigenvalue weighted by Gasteiger charge is 2.14. The van der Waals surface area contributed by atoms with E-state index < -0.39 is 0 Å². The quantitative estimate of drug-likeness (QED) is 0.624. The molecule has 27 heavy (non-hydrogen) atoms. The molecule has 0 bridgehead atoms. The van der Waals surface area contributed by atoms with Crippen LogP contribution in [-0.2, 0) is 4.79 Å². The number of carbonyl (C=O) groups is 1. The molecule has 0 fully saturated rings. The number of aromatic nitrogens is 2. The largest absolute Gasteiger partial charge is 0.496 e. The van der Waals surface area contributed by atoms with Crippen LogP contribution in [0, 0.1) is 11.3 Å². The number of rotatable bonds is 6. The van der Waals surface area contributed by atoms with Crippen LogP contribution >= 0.6 is 23.4 Å². The maximum absolute atomic E-state index is 12.1. The molecule has 0 spiro atoms. The number of halogens is 1. The van der Waals surface area contributed by atoms with E-state index in [1.54, 1.807) is 25.3 Å². The fourth-order valence-corrected chi connectivity index (χ4v) is 2.99. The van der Waals surface area contributed by atoms with Gasteiger partial charge >= 0.3 is 0 Å². The molecule has 0 atom stereocenters. The zero-order chi connectivity index (χ0) is 19.2. The van der Waals surface area contributed by atoms with Crippen molar-refractivity contribution in [2.45, 2.75) is 5.22 Å². The molecule has 1 aromatic heterocycles. The first-order valence-electron chi connectivity index (χ1n) is 7.70. The Morgan fingerprint density at radius 2 is 2.15 bits per heavy atom. The smallest absolute Gasteiger partial charge is 0.277 e. The number of anilines is 1. The van der Waals surface area contributed by atoms with Crippen molar-refractivity contribution in [2.24, 2.45) is 0 Å². The Morgan fingerprint density at radius 1 is 1.33 bits per heavy atom. The summed E-state index contributed by atoms with van der Waals surface area (Å²) in [6, 6.07) is 13.9. The fraction of sp³-hybridized carbons (Fsp3) is 0.111. The summed E-state index contributed by atoms with van der Waals surface area (Å²) >= 11 is 7.06. The second kappa shape index (κ2) is 8.58. The van der Waals surface area contributed by atoms with Gasteiger partial charge in [-0.05, 0) is 30.3 Å². The van der Waals surface area contributed by atoms with Crippen LogP contribution in [0.3, 0.4) is 0 Å². The molecule has 0 aliphatic rings. The third-order valence-corrected chi connectivity index (χ3v) is 4.58. The number of thioether (sulfide) groups is 1. The van der Waals surface area contributed by atoms with Gasteiger partial charge in [0.2, 0.25) is 5.91 Å². The van der Waals surface area contributed by atoms with Gasteiger partial charge in [0.05, 0.1) is 29.0 Å². The van der Waals surface area contributed by atoms with E-state index in [2.05, 4.69) is 15.5 Å². The lowest BCUT2D eigenvalue weighted by Gasteiger charge is -2.05. The monoisotopic (exact) mass is 400 g/mol. The summed E-state index contributed by atoms with van der Waals surface area (Å²) < 4.78 is 10.9. The van der Waals surface area contributed by atoms with E-state index in [9.17, 15) is 4.79 Å². The van der Waals surface area contributed by atoms with E-state index in [0.717, 1.165) is 11.8 Å². The molecule has 0 unspecified atom stereocenters. The highest BCUT2D eigenvalue weighted by molar-refractivity contribution is 7.99. The summed E-state index contributed by atoms with van der Waals surface area (Å²) in [6.45, 7) is 0. The van der Waals surface area contributed by atoms with Crippen molar-refractivity contribution < 1.29 is 13.9 Å². The normalized spacial score (nSPS) is 10.3. The average molecular weight is 401 g/mol. The standard InChI is InChI=1S/C18H13ClN4O3S/c1-25-15-5-3-2-4-13(15)17-22-23-18(26-17)27-10-16(24)21-12-7-6-11(9-20)14(19)8-12/h2-8H,10H2,1H3,(H,21,24). The second-order valence-corrected chi connectivity index (χ2v) is 6.55. The van der Waals surface area contributed by atoms with E-state index in [0.29, 0.717) is 28.5 Å². The summed E-state index contributed by atoms with van der Waals surface area (Å²) in [5.41, 5.74) is 1.53. The Labute approximate surface area is 164 Å². The molecule has 0 aliphatic carbocycles. The number of nitrogens with zero attached hydrogens (tertiary/aromatic N) is 3. The van der Waals surface area contributed by atoms with Crippen molar-refractivity contribution in [1.82, 2.24) is 10.2 Å². The Hall–Kier alpha value is -3.02. The Balaban J connectivity index is 1.61. The minimum atomic E-state index is -0.266. The first kappa shape index (κ1) is 18.8. The summed E-state index contributed by atoms with van der Waals surface area (Å²) in [4.78, 5) is 12.1. The van der Waals surface area contributed by atoms with Gasteiger partial charge in [0.25, 0.3) is 11.1 Å². The lowest BCUT2D eigenvalue weighted by molar-refractivity contribution is -0.113. The molecule has 1 heterocycles. The molecular weight excluding hydrogens is 388 g/mol. The minimum absolute atomic E-state index is 0.0746. The molecule has 2 aromatic carbocycles. The summed E-state index contributed by atoms with van der Waals surface area (Å²) in [6.07, 6.45) is 0. The number of amides is 1. The highest BCUT2D eigenvalue weighted by Crippen LogP contribution is 2.30. The maximum Gasteiger partial charge on any atom is 0.277 e. The van der Waals surface area contributed by atoms with Crippen LogP contribution in [-0.4, -0.2) is 29.0 Å². The molecule has 9 heteroatoms. The number of carbonyl (C=O) groups excluding carboxylic acids is 1. The summed E-state index contributed by atoms with van der Waals surface area (Å²) in [5.74, 6) is 0.741. The number of nitriles is 1. The molecule has 3 rings (SSSR count). The molecule has 136 valence electrons. The van der Waals surface area contributed by atoms with Gasteiger partial charge in [-0.15, -0.1) is 10.2 Å². The van der Waals surface area contributed by atoms with Gasteiger partial charge in [0.1, 0.15) is 11.8 Å². The Morgan fingerprint density at radius 3 is 2.89 bits per heavy atom. The van der Waals surface area contributed by atoms with Crippen molar-refractivity contribution in [3.63, 3.8) is 0 Å². The molecule has 1 N–H and O–H groups in total. The molecule has 0 radical (unpaired) electrons. The van der Waals surface area contributed by atoms with Gasteiger partial charge in [0, 0.05) is 5.69 Å². The molecule has 0 aliphatic heterocycles. The van der Waals surface area contributed by atoms with Gasteiger partial charge in [0.15, 0.2) is 0 Å². The molecule has 3 aromatic rings. The van der Waals surface area contributed by atoms with Gasteiger partial charge in [-0.2, -0.15) is 5.26 Å². The first-order chi connectivity index (χ1) is 13.1. The zero-order valence-corrected chi connectivity index (χ0v) is 15.7.